The molecule has 0 fully saturated rings. The fourth-order valence-electron chi connectivity index (χ4n) is 0.921. The third-order valence-corrected chi connectivity index (χ3v) is 1.56. The van der Waals surface area contributed by atoms with E-state index in [0.717, 1.165) is 5.84 Å². The van der Waals surface area contributed by atoms with Crippen molar-refractivity contribution in [3.8, 4) is 0 Å². The summed E-state index contributed by atoms with van der Waals surface area (Å²) in [6.45, 7) is 6.05. The van der Waals surface area contributed by atoms with Gasteiger partial charge in [-0.1, -0.05) is 13.8 Å². The van der Waals surface area contributed by atoms with Crippen molar-refractivity contribution < 1.29 is 0 Å². The summed E-state index contributed by atoms with van der Waals surface area (Å²) in [5.41, 5.74) is 5.27. The van der Waals surface area contributed by atoms with Gasteiger partial charge in [0.25, 0.3) is 0 Å². The molecule has 1 heterocycles. The Labute approximate surface area is 67.4 Å². The second-order valence-electron chi connectivity index (χ2n) is 3.36. The smallest absolute Gasteiger partial charge is 0.127 e. The lowest BCUT2D eigenvalue weighted by molar-refractivity contribution is 0.594. The van der Waals surface area contributed by atoms with E-state index < -0.39 is 5.66 Å². The van der Waals surface area contributed by atoms with Gasteiger partial charge in [0, 0.05) is 12.1 Å². The SMILES string of the molecule is CC(C)C1=NC(C)(N)C=CN1. The summed E-state index contributed by atoms with van der Waals surface area (Å²) in [5.74, 6) is 1.36. The van der Waals surface area contributed by atoms with E-state index in [1.165, 1.54) is 0 Å². The van der Waals surface area contributed by atoms with Crippen molar-refractivity contribution in [1.82, 2.24) is 5.32 Å². The Morgan fingerprint density at radius 3 is 2.64 bits per heavy atom. The lowest BCUT2D eigenvalue weighted by Gasteiger charge is -2.23. The Morgan fingerprint density at radius 1 is 1.64 bits per heavy atom. The van der Waals surface area contributed by atoms with Crippen molar-refractivity contribution in [2.24, 2.45) is 16.6 Å². The van der Waals surface area contributed by atoms with Gasteiger partial charge in [-0.15, -0.1) is 0 Å². The normalized spacial score (nSPS) is 30.1. The zero-order chi connectivity index (χ0) is 8.48. The van der Waals surface area contributed by atoms with Crippen LogP contribution in [0.3, 0.4) is 0 Å². The van der Waals surface area contributed by atoms with Gasteiger partial charge in [0.2, 0.25) is 0 Å². The van der Waals surface area contributed by atoms with Crippen LogP contribution in [0.5, 0.6) is 0 Å². The standard InChI is InChI=1S/C8H15N3/c1-6(2)7-10-5-4-8(3,9)11-7/h4-6H,9H2,1-3H3,(H,10,11). The molecule has 0 aliphatic carbocycles. The molecule has 0 aromatic carbocycles. The Kier molecular flexibility index (Phi) is 2.00. The highest BCUT2D eigenvalue weighted by atomic mass is 15.1. The zero-order valence-corrected chi connectivity index (χ0v) is 7.26. The minimum Gasteiger partial charge on any atom is -0.350 e. The van der Waals surface area contributed by atoms with E-state index in [4.69, 9.17) is 5.73 Å². The average Bonchev–Trinajstić information content (AvgIpc) is 1.85. The lowest BCUT2D eigenvalue weighted by Crippen LogP contribution is -2.40. The summed E-state index contributed by atoms with van der Waals surface area (Å²) in [4.78, 5) is 4.31. The van der Waals surface area contributed by atoms with Gasteiger partial charge >= 0.3 is 0 Å². The topological polar surface area (TPSA) is 50.4 Å². The van der Waals surface area contributed by atoms with E-state index in [2.05, 4.69) is 24.2 Å². The first kappa shape index (κ1) is 8.27. The van der Waals surface area contributed by atoms with Crippen LogP contribution in [-0.2, 0) is 0 Å². The monoisotopic (exact) mass is 153 g/mol. The van der Waals surface area contributed by atoms with Crippen molar-refractivity contribution in [2.75, 3.05) is 0 Å². The maximum atomic E-state index is 5.79. The highest BCUT2D eigenvalue weighted by Crippen LogP contribution is 2.09. The molecule has 11 heavy (non-hydrogen) atoms. The lowest BCUT2D eigenvalue weighted by atomic mass is 10.1. The van der Waals surface area contributed by atoms with Gasteiger partial charge in [-0.25, -0.2) is 4.99 Å². The zero-order valence-electron chi connectivity index (χ0n) is 7.26. The van der Waals surface area contributed by atoms with Crippen LogP contribution in [0.2, 0.25) is 0 Å². The van der Waals surface area contributed by atoms with Gasteiger partial charge in [-0.05, 0) is 13.0 Å². The van der Waals surface area contributed by atoms with E-state index in [0.29, 0.717) is 5.92 Å². The molecular weight excluding hydrogens is 138 g/mol. The van der Waals surface area contributed by atoms with Crippen molar-refractivity contribution >= 4 is 5.84 Å². The van der Waals surface area contributed by atoms with Gasteiger partial charge in [0.1, 0.15) is 11.5 Å². The van der Waals surface area contributed by atoms with Crippen LogP contribution in [0.15, 0.2) is 17.3 Å². The number of amidine groups is 1. The van der Waals surface area contributed by atoms with E-state index in [1.54, 1.807) is 0 Å². The molecule has 3 heteroatoms. The first-order valence-corrected chi connectivity index (χ1v) is 3.84. The number of rotatable bonds is 1. The quantitative estimate of drug-likeness (QED) is 0.586. The summed E-state index contributed by atoms with van der Waals surface area (Å²) in [6.07, 6.45) is 3.70. The summed E-state index contributed by atoms with van der Waals surface area (Å²) in [5, 5.41) is 3.06. The maximum Gasteiger partial charge on any atom is 0.127 e. The second-order valence-corrected chi connectivity index (χ2v) is 3.36. The van der Waals surface area contributed by atoms with Crippen molar-refractivity contribution in [2.45, 2.75) is 26.4 Å². The number of nitrogens with zero attached hydrogens (tertiary/aromatic N) is 1. The van der Waals surface area contributed by atoms with Gasteiger partial charge in [-0.3, -0.25) is 0 Å². The Bertz CT molecular complexity index is 201. The summed E-state index contributed by atoms with van der Waals surface area (Å²) in [6, 6.07) is 0. The minimum absolute atomic E-state index is 0.405. The molecule has 3 N–H and O–H groups in total. The number of nitrogens with two attached hydrogens (primary N) is 1. The van der Waals surface area contributed by atoms with Crippen molar-refractivity contribution in [1.29, 1.82) is 0 Å². The first-order chi connectivity index (χ1) is 5.01. The van der Waals surface area contributed by atoms with Gasteiger partial charge in [-0.2, -0.15) is 0 Å². The van der Waals surface area contributed by atoms with Crippen molar-refractivity contribution in [3.63, 3.8) is 0 Å². The van der Waals surface area contributed by atoms with Crippen LogP contribution in [0.4, 0.5) is 0 Å². The third-order valence-electron chi connectivity index (χ3n) is 1.56. The molecule has 0 radical (unpaired) electrons. The molecule has 1 unspecified atom stereocenters. The Morgan fingerprint density at radius 2 is 2.27 bits per heavy atom. The molecule has 0 saturated carbocycles. The predicted molar refractivity (Wildman–Crippen MR) is 47.1 cm³/mol. The van der Waals surface area contributed by atoms with E-state index in [1.807, 2.05) is 19.2 Å². The largest absolute Gasteiger partial charge is 0.350 e. The second kappa shape index (κ2) is 2.66. The number of nitrogens with one attached hydrogen (secondary N) is 1. The van der Waals surface area contributed by atoms with Crippen LogP contribution in [-0.4, -0.2) is 11.5 Å². The molecule has 1 aliphatic rings. The molecule has 1 atom stereocenters. The minimum atomic E-state index is -0.523. The average molecular weight is 153 g/mol. The third kappa shape index (κ3) is 2.05. The number of hydrogen-bond acceptors (Lipinski definition) is 3. The molecule has 0 amide bonds. The fourth-order valence-corrected chi connectivity index (χ4v) is 0.921. The summed E-state index contributed by atoms with van der Waals surface area (Å²) >= 11 is 0. The van der Waals surface area contributed by atoms with Crippen LogP contribution in [0, 0.1) is 5.92 Å². The van der Waals surface area contributed by atoms with Crippen LogP contribution in [0.25, 0.3) is 0 Å². The van der Waals surface area contributed by atoms with Crippen molar-refractivity contribution in [3.05, 3.63) is 12.3 Å². The molecule has 3 nitrogen and oxygen atoms in total. The molecule has 1 rings (SSSR count). The highest BCUT2D eigenvalue weighted by molar-refractivity contribution is 5.86. The van der Waals surface area contributed by atoms with Gasteiger partial charge < -0.3 is 11.1 Å². The van der Waals surface area contributed by atoms with E-state index in [-0.39, 0.29) is 0 Å². The number of aliphatic imine (C=N–C) groups is 1. The van der Waals surface area contributed by atoms with Gasteiger partial charge in [0.05, 0.1) is 0 Å². The molecular formula is C8H15N3. The molecule has 0 aromatic heterocycles. The molecule has 0 bridgehead atoms. The van der Waals surface area contributed by atoms with Crippen LogP contribution >= 0.6 is 0 Å². The fraction of sp³-hybridized carbons (Fsp3) is 0.625. The van der Waals surface area contributed by atoms with E-state index in [9.17, 15) is 0 Å². The molecule has 0 aromatic rings. The van der Waals surface area contributed by atoms with E-state index >= 15 is 0 Å². The summed E-state index contributed by atoms with van der Waals surface area (Å²) < 4.78 is 0. The van der Waals surface area contributed by atoms with Crippen LogP contribution in [0.1, 0.15) is 20.8 Å². The summed E-state index contributed by atoms with van der Waals surface area (Å²) in [7, 11) is 0. The molecule has 62 valence electrons. The maximum absolute atomic E-state index is 5.79. The van der Waals surface area contributed by atoms with Crippen LogP contribution < -0.4 is 11.1 Å². The molecule has 0 spiro atoms. The highest BCUT2D eigenvalue weighted by Gasteiger charge is 2.18. The Balaban J connectivity index is 2.78. The molecule has 1 aliphatic heterocycles. The van der Waals surface area contributed by atoms with Gasteiger partial charge in [0.15, 0.2) is 0 Å². The molecule has 0 saturated heterocycles. The Hall–Kier alpha value is -0.830. The first-order valence-electron chi connectivity index (χ1n) is 3.84. The predicted octanol–water partition coefficient (Wildman–Crippen LogP) is 0.833. The number of hydrogen-bond donors (Lipinski definition) is 2.